The first-order valence-corrected chi connectivity index (χ1v) is 6.22. The normalized spacial score (nSPS) is 10.1. The van der Waals surface area contributed by atoms with Gasteiger partial charge < -0.3 is 5.32 Å². The first kappa shape index (κ1) is 12.7. The third-order valence-corrected chi connectivity index (χ3v) is 2.94. The van der Waals surface area contributed by atoms with Crippen molar-refractivity contribution >= 4 is 23.2 Å². The van der Waals surface area contributed by atoms with Gasteiger partial charge in [0.15, 0.2) is 0 Å². The zero-order valence-electron chi connectivity index (χ0n) is 10.1. The summed E-state index contributed by atoms with van der Waals surface area (Å²) in [5.41, 5.74) is 2.56. The number of nitrogens with one attached hydrogen (secondary N) is 1. The van der Waals surface area contributed by atoms with Gasteiger partial charge in [-0.1, -0.05) is 36.7 Å². The Bertz CT molecular complexity index is 549. The molecule has 0 saturated heterocycles. The first-order chi connectivity index (χ1) is 8.69. The number of carbonyl (C=O) groups is 1. The summed E-state index contributed by atoms with van der Waals surface area (Å²) < 4.78 is 0. The van der Waals surface area contributed by atoms with Crippen molar-refractivity contribution in [2.75, 3.05) is 5.32 Å². The summed E-state index contributed by atoms with van der Waals surface area (Å²) in [5.74, 6) is -0.125. The van der Waals surface area contributed by atoms with Crippen LogP contribution in [0.15, 0.2) is 48.5 Å². The highest BCUT2D eigenvalue weighted by molar-refractivity contribution is 6.30. The van der Waals surface area contributed by atoms with Crippen molar-refractivity contribution in [3.05, 3.63) is 64.7 Å². The van der Waals surface area contributed by atoms with Crippen molar-refractivity contribution in [2.45, 2.75) is 13.3 Å². The Morgan fingerprint density at radius 2 is 1.89 bits per heavy atom. The predicted octanol–water partition coefficient (Wildman–Crippen LogP) is 4.15. The van der Waals surface area contributed by atoms with Crippen LogP contribution in [0, 0.1) is 0 Å². The monoisotopic (exact) mass is 259 g/mol. The molecule has 92 valence electrons. The number of anilines is 1. The SMILES string of the molecule is CCc1ccc(C(=O)Nc2cccc(Cl)c2)cc1. The smallest absolute Gasteiger partial charge is 0.255 e. The molecule has 0 aliphatic rings. The van der Waals surface area contributed by atoms with Gasteiger partial charge in [0.25, 0.3) is 5.91 Å². The Balaban J connectivity index is 2.11. The molecule has 1 amide bonds. The van der Waals surface area contributed by atoms with Gasteiger partial charge in [-0.25, -0.2) is 0 Å². The Labute approximate surface area is 112 Å². The minimum absolute atomic E-state index is 0.125. The molecule has 0 aliphatic carbocycles. The molecule has 2 nitrogen and oxygen atoms in total. The van der Waals surface area contributed by atoms with E-state index in [4.69, 9.17) is 11.6 Å². The maximum absolute atomic E-state index is 12.0. The number of hydrogen-bond donors (Lipinski definition) is 1. The summed E-state index contributed by atoms with van der Waals surface area (Å²) >= 11 is 5.86. The molecule has 0 aliphatic heterocycles. The third-order valence-electron chi connectivity index (χ3n) is 2.71. The predicted molar refractivity (Wildman–Crippen MR) is 75.2 cm³/mol. The number of hydrogen-bond acceptors (Lipinski definition) is 1. The van der Waals surface area contributed by atoms with Crippen LogP contribution in [0.4, 0.5) is 5.69 Å². The van der Waals surface area contributed by atoms with Crippen LogP contribution in [0.3, 0.4) is 0 Å². The third kappa shape index (κ3) is 3.11. The van der Waals surface area contributed by atoms with Crippen LogP contribution >= 0.6 is 11.6 Å². The molecule has 0 heterocycles. The highest BCUT2D eigenvalue weighted by Gasteiger charge is 2.05. The second-order valence-electron chi connectivity index (χ2n) is 4.01. The quantitative estimate of drug-likeness (QED) is 0.881. The molecule has 0 bridgehead atoms. The summed E-state index contributed by atoms with van der Waals surface area (Å²) in [5, 5.41) is 3.42. The fourth-order valence-corrected chi connectivity index (χ4v) is 1.85. The molecular weight excluding hydrogens is 246 g/mol. The fraction of sp³-hybridized carbons (Fsp3) is 0.133. The van der Waals surface area contributed by atoms with E-state index in [1.54, 1.807) is 18.2 Å². The zero-order chi connectivity index (χ0) is 13.0. The van der Waals surface area contributed by atoms with E-state index in [0.29, 0.717) is 16.3 Å². The highest BCUT2D eigenvalue weighted by Crippen LogP contribution is 2.16. The van der Waals surface area contributed by atoms with Gasteiger partial charge in [0, 0.05) is 16.3 Å². The van der Waals surface area contributed by atoms with Crippen molar-refractivity contribution in [1.29, 1.82) is 0 Å². The average molecular weight is 260 g/mol. The summed E-state index contributed by atoms with van der Waals surface area (Å²) in [4.78, 5) is 12.0. The largest absolute Gasteiger partial charge is 0.322 e. The first-order valence-electron chi connectivity index (χ1n) is 5.85. The lowest BCUT2D eigenvalue weighted by Crippen LogP contribution is -2.11. The van der Waals surface area contributed by atoms with Crippen LogP contribution in [-0.2, 0) is 6.42 Å². The zero-order valence-corrected chi connectivity index (χ0v) is 10.9. The Kier molecular flexibility index (Phi) is 4.00. The van der Waals surface area contributed by atoms with Gasteiger partial charge in [0.2, 0.25) is 0 Å². The molecule has 18 heavy (non-hydrogen) atoms. The van der Waals surface area contributed by atoms with Crippen molar-refractivity contribution in [1.82, 2.24) is 0 Å². The molecule has 2 aromatic rings. The van der Waals surface area contributed by atoms with Crippen molar-refractivity contribution in [3.8, 4) is 0 Å². The molecular formula is C15H14ClNO. The van der Waals surface area contributed by atoms with Gasteiger partial charge in [0.1, 0.15) is 0 Å². The lowest BCUT2D eigenvalue weighted by Gasteiger charge is -2.06. The van der Waals surface area contributed by atoms with Gasteiger partial charge in [-0.15, -0.1) is 0 Å². The summed E-state index contributed by atoms with van der Waals surface area (Å²) in [6, 6.07) is 14.7. The standard InChI is InChI=1S/C15H14ClNO/c1-2-11-6-8-12(9-7-11)15(18)17-14-5-3-4-13(16)10-14/h3-10H,2H2,1H3,(H,17,18). The molecule has 0 atom stereocenters. The molecule has 2 aromatic carbocycles. The Morgan fingerprint density at radius 1 is 1.17 bits per heavy atom. The van der Waals surface area contributed by atoms with E-state index in [1.165, 1.54) is 5.56 Å². The number of halogens is 1. The fourth-order valence-electron chi connectivity index (χ4n) is 1.66. The molecule has 0 fully saturated rings. The number of rotatable bonds is 3. The maximum Gasteiger partial charge on any atom is 0.255 e. The van der Waals surface area contributed by atoms with Crippen LogP contribution in [0.25, 0.3) is 0 Å². The lowest BCUT2D eigenvalue weighted by atomic mass is 10.1. The van der Waals surface area contributed by atoms with E-state index in [9.17, 15) is 4.79 Å². The van der Waals surface area contributed by atoms with E-state index in [1.807, 2.05) is 30.3 Å². The van der Waals surface area contributed by atoms with Crippen LogP contribution in [0.2, 0.25) is 5.02 Å². The summed E-state index contributed by atoms with van der Waals surface area (Å²) in [6.07, 6.45) is 0.968. The summed E-state index contributed by atoms with van der Waals surface area (Å²) in [7, 11) is 0. The topological polar surface area (TPSA) is 29.1 Å². The van der Waals surface area contributed by atoms with Crippen molar-refractivity contribution in [3.63, 3.8) is 0 Å². The molecule has 2 rings (SSSR count). The Morgan fingerprint density at radius 3 is 2.50 bits per heavy atom. The molecule has 0 spiro atoms. The number of carbonyl (C=O) groups excluding carboxylic acids is 1. The van der Waals surface area contributed by atoms with Crippen LogP contribution in [-0.4, -0.2) is 5.91 Å². The van der Waals surface area contributed by atoms with Gasteiger partial charge in [0.05, 0.1) is 0 Å². The molecule has 1 N–H and O–H groups in total. The van der Waals surface area contributed by atoms with Crippen LogP contribution in [0.5, 0.6) is 0 Å². The molecule has 0 unspecified atom stereocenters. The van der Waals surface area contributed by atoms with E-state index in [2.05, 4.69) is 12.2 Å². The molecule has 0 aromatic heterocycles. The van der Waals surface area contributed by atoms with E-state index in [0.717, 1.165) is 6.42 Å². The number of aryl methyl sites for hydroxylation is 1. The van der Waals surface area contributed by atoms with Crippen molar-refractivity contribution in [2.24, 2.45) is 0 Å². The number of amides is 1. The Hall–Kier alpha value is -1.80. The van der Waals surface area contributed by atoms with Gasteiger partial charge >= 0.3 is 0 Å². The molecule has 3 heteroatoms. The van der Waals surface area contributed by atoms with E-state index < -0.39 is 0 Å². The van der Waals surface area contributed by atoms with Crippen LogP contribution < -0.4 is 5.32 Å². The minimum Gasteiger partial charge on any atom is -0.322 e. The molecule has 0 saturated carbocycles. The van der Waals surface area contributed by atoms with Gasteiger partial charge in [-0.3, -0.25) is 4.79 Å². The number of benzene rings is 2. The van der Waals surface area contributed by atoms with E-state index >= 15 is 0 Å². The van der Waals surface area contributed by atoms with Gasteiger partial charge in [-0.05, 0) is 42.3 Å². The van der Waals surface area contributed by atoms with E-state index in [-0.39, 0.29) is 5.91 Å². The minimum atomic E-state index is -0.125. The van der Waals surface area contributed by atoms with Crippen molar-refractivity contribution < 1.29 is 4.79 Å². The second-order valence-corrected chi connectivity index (χ2v) is 4.45. The summed E-state index contributed by atoms with van der Waals surface area (Å²) in [6.45, 7) is 2.08. The maximum atomic E-state index is 12.0. The van der Waals surface area contributed by atoms with Crippen LogP contribution in [0.1, 0.15) is 22.8 Å². The highest BCUT2D eigenvalue weighted by atomic mass is 35.5. The average Bonchev–Trinajstić information content (AvgIpc) is 2.39. The second kappa shape index (κ2) is 5.69. The lowest BCUT2D eigenvalue weighted by molar-refractivity contribution is 0.102. The molecule has 0 radical (unpaired) electrons. The van der Waals surface area contributed by atoms with Gasteiger partial charge in [-0.2, -0.15) is 0 Å².